The summed E-state index contributed by atoms with van der Waals surface area (Å²) in [6.45, 7) is 1.36. The topological polar surface area (TPSA) is 94.5 Å². The van der Waals surface area contributed by atoms with E-state index >= 15 is 0 Å². The monoisotopic (exact) mass is 394 g/mol. The van der Waals surface area contributed by atoms with Gasteiger partial charge >= 0.3 is 5.97 Å². The summed E-state index contributed by atoms with van der Waals surface area (Å²) in [5.41, 5.74) is -0.0417. The van der Waals surface area contributed by atoms with Crippen LogP contribution in [0.5, 0.6) is 5.75 Å². The molecular formula is C18H23ClN4O4. The third-order valence-electron chi connectivity index (χ3n) is 4.49. The molecule has 8 nitrogen and oxygen atoms in total. The Kier molecular flexibility index (Phi) is 7.20. The van der Waals surface area contributed by atoms with Crippen molar-refractivity contribution < 1.29 is 19.1 Å². The molecule has 0 aliphatic carbocycles. The van der Waals surface area contributed by atoms with Gasteiger partial charge in [-0.3, -0.25) is 9.48 Å². The minimum atomic E-state index is -0.700. The Morgan fingerprint density at radius 1 is 1.26 bits per heavy atom. The summed E-state index contributed by atoms with van der Waals surface area (Å²) in [5.74, 6) is -0.0163. The number of carbonyl (C=O) groups excluding carboxylic acids is 2. The smallest absolute Gasteiger partial charge is 0.343 e. The van der Waals surface area contributed by atoms with Crippen molar-refractivity contribution in [3.8, 4) is 5.75 Å². The van der Waals surface area contributed by atoms with Crippen molar-refractivity contribution in [2.24, 2.45) is 0 Å². The Labute approximate surface area is 163 Å². The number of methoxy groups -OCH3 is 1. The van der Waals surface area contributed by atoms with Crippen molar-refractivity contribution in [1.82, 2.24) is 15.1 Å². The van der Waals surface area contributed by atoms with Crippen LogP contribution < -0.4 is 15.4 Å². The van der Waals surface area contributed by atoms with Gasteiger partial charge in [0.05, 0.1) is 7.11 Å². The largest absolute Gasteiger partial charge is 0.482 e. The van der Waals surface area contributed by atoms with Gasteiger partial charge in [0.1, 0.15) is 11.3 Å². The van der Waals surface area contributed by atoms with Crippen LogP contribution in [0.25, 0.3) is 0 Å². The van der Waals surface area contributed by atoms with Gasteiger partial charge in [-0.1, -0.05) is 0 Å². The maximum Gasteiger partial charge on any atom is 0.343 e. The van der Waals surface area contributed by atoms with Crippen molar-refractivity contribution in [2.45, 2.75) is 18.4 Å². The molecule has 2 N–H and O–H groups in total. The fourth-order valence-corrected chi connectivity index (χ4v) is 3.01. The number of aromatic nitrogens is 2. The molecule has 0 spiro atoms. The third kappa shape index (κ3) is 4.78. The summed E-state index contributed by atoms with van der Waals surface area (Å²) in [6.07, 6.45) is 4.85. The number of benzene rings is 1. The highest BCUT2D eigenvalue weighted by molar-refractivity contribution is 5.96. The van der Waals surface area contributed by atoms with E-state index in [9.17, 15) is 9.59 Å². The standard InChI is InChI=1S/C18H22N4O4.ClH/c1-25-16(23)13-26-15-5-3-14(4-6-15)21-17(24)18(7-10-19-11-8-18)22-12-2-9-20-22;/h2-6,9,12,19H,7-8,10-11,13H2,1H3,(H,21,24);1H. The minimum absolute atomic E-state index is 0. The number of halogens is 1. The number of carbonyl (C=O) groups is 2. The Hall–Kier alpha value is -2.58. The van der Waals surface area contributed by atoms with E-state index in [0.717, 1.165) is 13.1 Å². The second-order valence-corrected chi connectivity index (χ2v) is 6.08. The van der Waals surface area contributed by atoms with Gasteiger partial charge in [0, 0.05) is 18.1 Å². The van der Waals surface area contributed by atoms with Crippen molar-refractivity contribution in [2.75, 3.05) is 32.1 Å². The molecule has 1 saturated heterocycles. The number of amides is 1. The van der Waals surface area contributed by atoms with E-state index in [-0.39, 0.29) is 24.9 Å². The number of nitrogens with zero attached hydrogens (tertiary/aromatic N) is 2. The first-order chi connectivity index (χ1) is 12.6. The van der Waals surface area contributed by atoms with Gasteiger partial charge in [0.2, 0.25) is 0 Å². The SMILES string of the molecule is COC(=O)COc1ccc(NC(=O)C2(n3cccn3)CCNCC2)cc1.Cl. The van der Waals surface area contributed by atoms with E-state index in [0.29, 0.717) is 24.3 Å². The fraction of sp³-hybridized carbons (Fsp3) is 0.389. The molecule has 1 aliphatic rings. The minimum Gasteiger partial charge on any atom is -0.482 e. The van der Waals surface area contributed by atoms with Gasteiger partial charge in [-0.05, 0) is 56.3 Å². The molecule has 0 radical (unpaired) electrons. The van der Waals surface area contributed by atoms with Crippen LogP contribution in [0, 0.1) is 0 Å². The van der Waals surface area contributed by atoms with Crippen molar-refractivity contribution in [3.63, 3.8) is 0 Å². The third-order valence-corrected chi connectivity index (χ3v) is 4.49. The highest BCUT2D eigenvalue weighted by Gasteiger charge is 2.42. The van der Waals surface area contributed by atoms with E-state index < -0.39 is 11.5 Å². The second-order valence-electron chi connectivity index (χ2n) is 6.08. The number of anilines is 1. The maximum atomic E-state index is 13.0. The molecule has 0 unspecified atom stereocenters. The Balaban J connectivity index is 0.00000261. The number of piperidine rings is 1. The molecule has 1 aliphatic heterocycles. The summed E-state index contributed by atoms with van der Waals surface area (Å²) in [7, 11) is 1.31. The maximum absolute atomic E-state index is 13.0. The summed E-state index contributed by atoms with van der Waals surface area (Å²) >= 11 is 0. The molecule has 9 heteroatoms. The lowest BCUT2D eigenvalue weighted by Gasteiger charge is -2.36. The first-order valence-electron chi connectivity index (χ1n) is 8.46. The van der Waals surface area contributed by atoms with E-state index in [1.54, 1.807) is 35.1 Å². The molecule has 0 atom stereocenters. The molecule has 1 aromatic heterocycles. The lowest BCUT2D eigenvalue weighted by Crippen LogP contribution is -2.52. The van der Waals surface area contributed by atoms with Crippen LogP contribution in [0.3, 0.4) is 0 Å². The molecule has 3 rings (SSSR count). The average Bonchev–Trinajstić information content (AvgIpc) is 3.23. The number of esters is 1. The number of hydrogen-bond donors (Lipinski definition) is 2. The molecule has 2 heterocycles. The van der Waals surface area contributed by atoms with Gasteiger partial charge < -0.3 is 20.1 Å². The fourth-order valence-electron chi connectivity index (χ4n) is 3.01. The van der Waals surface area contributed by atoms with Crippen molar-refractivity contribution in [1.29, 1.82) is 0 Å². The van der Waals surface area contributed by atoms with E-state index in [1.165, 1.54) is 7.11 Å². The zero-order valence-electron chi connectivity index (χ0n) is 15.0. The second kappa shape index (κ2) is 9.38. The summed E-state index contributed by atoms with van der Waals surface area (Å²) in [5, 5.41) is 10.6. The van der Waals surface area contributed by atoms with Gasteiger partial charge in [0.15, 0.2) is 6.61 Å². The van der Waals surface area contributed by atoms with Gasteiger partial charge in [-0.15, -0.1) is 12.4 Å². The predicted octanol–water partition coefficient (Wildman–Crippen LogP) is 1.57. The first-order valence-corrected chi connectivity index (χ1v) is 8.46. The lowest BCUT2D eigenvalue weighted by molar-refractivity contribution is -0.142. The van der Waals surface area contributed by atoms with Gasteiger partial charge in [0.25, 0.3) is 5.91 Å². The summed E-state index contributed by atoms with van der Waals surface area (Å²) in [4.78, 5) is 24.1. The Bertz CT molecular complexity index is 743. The molecule has 146 valence electrons. The number of hydrogen-bond acceptors (Lipinski definition) is 6. The van der Waals surface area contributed by atoms with Gasteiger partial charge in [-0.25, -0.2) is 4.79 Å². The molecule has 1 aromatic carbocycles. The zero-order valence-corrected chi connectivity index (χ0v) is 15.8. The molecule has 0 bridgehead atoms. The van der Waals surface area contributed by atoms with Crippen LogP contribution in [-0.2, 0) is 19.9 Å². The summed E-state index contributed by atoms with van der Waals surface area (Å²) < 4.78 is 11.6. The summed E-state index contributed by atoms with van der Waals surface area (Å²) in [6, 6.07) is 8.69. The molecular weight excluding hydrogens is 372 g/mol. The molecule has 27 heavy (non-hydrogen) atoms. The lowest BCUT2D eigenvalue weighted by atomic mass is 9.87. The zero-order chi connectivity index (χ0) is 18.4. The number of nitrogens with one attached hydrogen (secondary N) is 2. The van der Waals surface area contributed by atoms with Gasteiger partial charge in [-0.2, -0.15) is 5.10 Å². The normalized spacial score (nSPS) is 15.3. The van der Waals surface area contributed by atoms with Crippen LogP contribution in [0.15, 0.2) is 42.7 Å². The van der Waals surface area contributed by atoms with Crippen LogP contribution >= 0.6 is 12.4 Å². The van der Waals surface area contributed by atoms with Crippen LogP contribution in [0.1, 0.15) is 12.8 Å². The molecule has 2 aromatic rings. The Morgan fingerprint density at radius 2 is 1.96 bits per heavy atom. The van der Waals surface area contributed by atoms with Crippen LogP contribution in [-0.4, -0.2) is 48.5 Å². The molecule has 0 saturated carbocycles. The first kappa shape index (κ1) is 20.7. The van der Waals surface area contributed by atoms with E-state index in [1.807, 2.05) is 12.3 Å². The van der Waals surface area contributed by atoms with Crippen molar-refractivity contribution in [3.05, 3.63) is 42.7 Å². The predicted molar refractivity (Wildman–Crippen MR) is 102 cm³/mol. The Morgan fingerprint density at radius 3 is 2.56 bits per heavy atom. The van der Waals surface area contributed by atoms with E-state index in [2.05, 4.69) is 20.5 Å². The number of ether oxygens (including phenoxy) is 2. The molecule has 1 fully saturated rings. The van der Waals surface area contributed by atoms with Crippen molar-refractivity contribution >= 4 is 30.0 Å². The highest BCUT2D eigenvalue weighted by atomic mass is 35.5. The van der Waals surface area contributed by atoms with Crippen LogP contribution in [0.4, 0.5) is 5.69 Å². The molecule has 1 amide bonds. The highest BCUT2D eigenvalue weighted by Crippen LogP contribution is 2.29. The van der Waals surface area contributed by atoms with E-state index in [4.69, 9.17) is 4.74 Å². The number of rotatable bonds is 6. The van der Waals surface area contributed by atoms with Crippen LogP contribution in [0.2, 0.25) is 0 Å². The quantitative estimate of drug-likeness (QED) is 0.722. The average molecular weight is 395 g/mol.